The molecule has 1 heteroatoms. The minimum Gasteiger partial charge on any atom is -0.372 e. The van der Waals surface area contributed by atoms with Crippen molar-refractivity contribution < 1.29 is 4.74 Å². The lowest BCUT2D eigenvalue weighted by Gasteiger charge is -2.43. The third kappa shape index (κ3) is 6.78. The lowest BCUT2D eigenvalue weighted by atomic mass is 9.73. The Labute approximate surface area is 116 Å². The van der Waals surface area contributed by atoms with E-state index in [-0.39, 0.29) is 11.0 Å². The molecule has 18 heavy (non-hydrogen) atoms. The summed E-state index contributed by atoms with van der Waals surface area (Å²) < 4.78 is 6.10. The predicted molar refractivity (Wildman–Crippen MR) is 82.1 cm³/mol. The van der Waals surface area contributed by atoms with Crippen molar-refractivity contribution in [2.24, 2.45) is 5.41 Å². The van der Waals surface area contributed by atoms with Crippen LogP contribution < -0.4 is 0 Å². The Bertz CT molecular complexity index is 204. The van der Waals surface area contributed by atoms with E-state index in [9.17, 15) is 0 Å². The summed E-state index contributed by atoms with van der Waals surface area (Å²) in [6, 6.07) is 0. The molecule has 0 aliphatic carbocycles. The van der Waals surface area contributed by atoms with Gasteiger partial charge in [0.05, 0.1) is 11.7 Å². The molecule has 0 aliphatic rings. The van der Waals surface area contributed by atoms with Gasteiger partial charge < -0.3 is 4.74 Å². The molecule has 0 saturated carbocycles. The summed E-state index contributed by atoms with van der Waals surface area (Å²) in [4.78, 5) is 0. The third-order valence-corrected chi connectivity index (χ3v) is 4.32. The molecule has 0 rings (SSSR count). The summed E-state index contributed by atoms with van der Waals surface area (Å²) in [5, 5.41) is 0. The first-order valence-corrected chi connectivity index (χ1v) is 7.91. The van der Waals surface area contributed by atoms with Crippen molar-refractivity contribution in [3.63, 3.8) is 0 Å². The zero-order chi connectivity index (χ0) is 14.2. The van der Waals surface area contributed by atoms with Crippen molar-refractivity contribution in [2.75, 3.05) is 0 Å². The number of rotatable bonds is 10. The first-order chi connectivity index (χ1) is 8.23. The highest BCUT2D eigenvalue weighted by atomic mass is 16.5. The van der Waals surface area contributed by atoms with Gasteiger partial charge in [-0.05, 0) is 39.5 Å². The Morgan fingerprint density at radius 1 is 0.833 bits per heavy atom. The third-order valence-electron chi connectivity index (χ3n) is 4.32. The van der Waals surface area contributed by atoms with E-state index >= 15 is 0 Å². The maximum absolute atomic E-state index is 6.10. The molecule has 1 nitrogen and oxygen atoms in total. The Morgan fingerprint density at radius 2 is 1.33 bits per heavy atom. The Balaban J connectivity index is 3.98. The molecule has 0 aliphatic heterocycles. The summed E-state index contributed by atoms with van der Waals surface area (Å²) in [6.45, 7) is 15.7. The maximum atomic E-state index is 6.10. The topological polar surface area (TPSA) is 9.23 Å². The van der Waals surface area contributed by atoms with E-state index in [4.69, 9.17) is 4.74 Å². The smallest absolute Gasteiger partial charge is 0.0680 e. The normalized spacial score (nSPS) is 13.3. The van der Waals surface area contributed by atoms with Crippen LogP contribution in [0.3, 0.4) is 0 Å². The summed E-state index contributed by atoms with van der Waals surface area (Å²) in [5.74, 6) is 0. The van der Waals surface area contributed by atoms with Crippen LogP contribution >= 0.6 is 0 Å². The number of hydrogen-bond donors (Lipinski definition) is 0. The van der Waals surface area contributed by atoms with Crippen molar-refractivity contribution >= 4 is 0 Å². The minimum absolute atomic E-state index is 0.0371. The van der Waals surface area contributed by atoms with Crippen LogP contribution in [0, 0.1) is 5.41 Å². The Hall–Kier alpha value is -0.0400. The molecule has 0 aromatic rings. The fraction of sp³-hybridized carbons (Fsp3) is 1.00. The molecule has 110 valence electrons. The first kappa shape index (κ1) is 18.0. The van der Waals surface area contributed by atoms with Crippen molar-refractivity contribution in [2.45, 2.75) is 105 Å². The van der Waals surface area contributed by atoms with Gasteiger partial charge in [-0.2, -0.15) is 0 Å². The highest BCUT2D eigenvalue weighted by Gasteiger charge is 2.37. The largest absolute Gasteiger partial charge is 0.372 e. The SMILES string of the molecule is CCCCCCCCC(C)(C)C(C)(C)OC(C)C. The number of ether oxygens (including phenoxy) is 1. The van der Waals surface area contributed by atoms with Gasteiger partial charge in [0.25, 0.3) is 0 Å². The standard InChI is InChI=1S/C17H36O/c1-8-9-10-11-12-13-14-16(4,5)17(6,7)18-15(2)3/h15H,8-14H2,1-7H3. The van der Waals surface area contributed by atoms with Gasteiger partial charge >= 0.3 is 0 Å². The summed E-state index contributed by atoms with van der Waals surface area (Å²) in [5.41, 5.74) is 0.215. The average molecular weight is 256 g/mol. The Morgan fingerprint density at radius 3 is 1.83 bits per heavy atom. The van der Waals surface area contributed by atoms with Crippen molar-refractivity contribution in [3.05, 3.63) is 0 Å². The number of unbranched alkanes of at least 4 members (excludes halogenated alkanes) is 5. The van der Waals surface area contributed by atoms with Crippen LogP contribution in [0.25, 0.3) is 0 Å². The van der Waals surface area contributed by atoms with Crippen molar-refractivity contribution in [3.8, 4) is 0 Å². The van der Waals surface area contributed by atoms with E-state index in [1.165, 1.54) is 44.9 Å². The quantitative estimate of drug-likeness (QED) is 0.438. The van der Waals surface area contributed by atoms with E-state index < -0.39 is 0 Å². The minimum atomic E-state index is -0.0371. The molecule has 0 unspecified atom stereocenters. The molecule has 0 aromatic heterocycles. The molecule has 0 bridgehead atoms. The van der Waals surface area contributed by atoms with Crippen LogP contribution in [-0.2, 0) is 4.74 Å². The van der Waals surface area contributed by atoms with Crippen molar-refractivity contribution in [1.29, 1.82) is 0 Å². The maximum Gasteiger partial charge on any atom is 0.0680 e. The zero-order valence-electron chi connectivity index (χ0n) is 13.9. The van der Waals surface area contributed by atoms with Gasteiger partial charge in [0.15, 0.2) is 0 Å². The van der Waals surface area contributed by atoms with Gasteiger partial charge in [-0.1, -0.05) is 59.3 Å². The summed E-state index contributed by atoms with van der Waals surface area (Å²) >= 11 is 0. The second-order valence-electron chi connectivity index (χ2n) is 7.08. The first-order valence-electron chi connectivity index (χ1n) is 7.91. The van der Waals surface area contributed by atoms with Crippen LogP contribution in [0.15, 0.2) is 0 Å². The molecule has 0 fully saturated rings. The lowest BCUT2D eigenvalue weighted by Crippen LogP contribution is -2.43. The molecular formula is C17H36O. The van der Waals surface area contributed by atoms with Gasteiger partial charge in [0, 0.05) is 0 Å². The second kappa shape index (κ2) is 8.19. The molecule has 0 radical (unpaired) electrons. The second-order valence-corrected chi connectivity index (χ2v) is 7.08. The molecule has 0 aromatic carbocycles. The summed E-state index contributed by atoms with van der Waals surface area (Å²) in [6.07, 6.45) is 9.81. The molecular weight excluding hydrogens is 220 g/mol. The van der Waals surface area contributed by atoms with Crippen LogP contribution in [0.1, 0.15) is 93.4 Å². The van der Waals surface area contributed by atoms with Gasteiger partial charge in [-0.15, -0.1) is 0 Å². The van der Waals surface area contributed by atoms with Crippen LogP contribution in [-0.4, -0.2) is 11.7 Å². The molecule has 0 heterocycles. The number of hydrogen-bond acceptors (Lipinski definition) is 1. The molecule has 0 atom stereocenters. The van der Waals surface area contributed by atoms with E-state index in [0.29, 0.717) is 6.10 Å². The fourth-order valence-corrected chi connectivity index (χ4v) is 2.40. The zero-order valence-corrected chi connectivity index (χ0v) is 13.9. The van der Waals surface area contributed by atoms with E-state index in [1.54, 1.807) is 0 Å². The van der Waals surface area contributed by atoms with E-state index in [0.717, 1.165) is 0 Å². The van der Waals surface area contributed by atoms with Crippen LogP contribution in [0.2, 0.25) is 0 Å². The highest BCUT2D eigenvalue weighted by Crippen LogP contribution is 2.39. The van der Waals surface area contributed by atoms with E-state index in [1.807, 2.05) is 0 Å². The van der Waals surface area contributed by atoms with Gasteiger partial charge in [0.1, 0.15) is 0 Å². The average Bonchev–Trinajstić information content (AvgIpc) is 2.21. The summed E-state index contributed by atoms with van der Waals surface area (Å²) in [7, 11) is 0. The molecule has 0 N–H and O–H groups in total. The van der Waals surface area contributed by atoms with Gasteiger partial charge in [0.2, 0.25) is 0 Å². The molecule has 0 amide bonds. The lowest BCUT2D eigenvalue weighted by molar-refractivity contribution is -0.128. The highest BCUT2D eigenvalue weighted by molar-refractivity contribution is 4.88. The van der Waals surface area contributed by atoms with E-state index in [2.05, 4.69) is 48.5 Å². The van der Waals surface area contributed by atoms with Gasteiger partial charge in [-0.25, -0.2) is 0 Å². The fourth-order valence-electron chi connectivity index (χ4n) is 2.40. The monoisotopic (exact) mass is 256 g/mol. The van der Waals surface area contributed by atoms with Crippen LogP contribution in [0.4, 0.5) is 0 Å². The predicted octanol–water partition coefficient (Wildman–Crippen LogP) is 5.97. The van der Waals surface area contributed by atoms with Crippen molar-refractivity contribution in [1.82, 2.24) is 0 Å². The van der Waals surface area contributed by atoms with Gasteiger partial charge in [-0.3, -0.25) is 0 Å². The molecule has 0 saturated heterocycles. The Kier molecular flexibility index (Phi) is 8.18. The van der Waals surface area contributed by atoms with Crippen LogP contribution in [0.5, 0.6) is 0 Å². The molecule has 0 spiro atoms.